The van der Waals surface area contributed by atoms with Gasteiger partial charge in [-0.1, -0.05) is 25.1 Å². The van der Waals surface area contributed by atoms with Crippen LogP contribution in [0.5, 0.6) is 0 Å². The van der Waals surface area contributed by atoms with Gasteiger partial charge >= 0.3 is 5.97 Å². The van der Waals surface area contributed by atoms with Gasteiger partial charge in [0.05, 0.1) is 4.88 Å². The Bertz CT molecular complexity index is 558. The average Bonchev–Trinajstić information content (AvgIpc) is 2.79. The Morgan fingerprint density at radius 2 is 2.11 bits per heavy atom. The van der Waals surface area contributed by atoms with Crippen molar-refractivity contribution < 1.29 is 14.7 Å². The summed E-state index contributed by atoms with van der Waals surface area (Å²) in [5, 5.41) is 12.4. The third-order valence-electron chi connectivity index (χ3n) is 2.66. The number of benzene rings is 1. The van der Waals surface area contributed by atoms with Gasteiger partial charge in [0, 0.05) is 4.70 Å². The Labute approximate surface area is 108 Å². The second kappa shape index (κ2) is 5.18. The van der Waals surface area contributed by atoms with Crippen LogP contribution in [0.15, 0.2) is 30.3 Å². The van der Waals surface area contributed by atoms with E-state index in [-0.39, 0.29) is 5.91 Å². The summed E-state index contributed by atoms with van der Waals surface area (Å²) < 4.78 is 1.02. The molecule has 1 amide bonds. The quantitative estimate of drug-likeness (QED) is 0.890. The van der Waals surface area contributed by atoms with Crippen LogP contribution in [-0.4, -0.2) is 23.0 Å². The summed E-state index contributed by atoms with van der Waals surface area (Å²) in [4.78, 5) is 23.3. The average molecular weight is 263 g/mol. The van der Waals surface area contributed by atoms with Gasteiger partial charge in [-0.2, -0.15) is 0 Å². The van der Waals surface area contributed by atoms with E-state index in [9.17, 15) is 9.59 Å². The van der Waals surface area contributed by atoms with Crippen LogP contribution < -0.4 is 5.32 Å². The number of thiophene rings is 1. The van der Waals surface area contributed by atoms with Crippen molar-refractivity contribution in [1.29, 1.82) is 0 Å². The summed E-state index contributed by atoms with van der Waals surface area (Å²) in [6.07, 6.45) is 0.367. The number of carbonyl (C=O) groups is 2. The predicted molar refractivity (Wildman–Crippen MR) is 71.0 cm³/mol. The number of carbonyl (C=O) groups excluding carboxylic acids is 1. The SMILES string of the molecule is CC[C@H](NC(=O)c1cc2ccccc2s1)C(=O)O. The minimum Gasteiger partial charge on any atom is -0.480 e. The Kier molecular flexibility index (Phi) is 3.62. The molecule has 18 heavy (non-hydrogen) atoms. The third-order valence-corrected chi connectivity index (χ3v) is 3.78. The first kappa shape index (κ1) is 12.6. The summed E-state index contributed by atoms with van der Waals surface area (Å²) in [5.74, 6) is -1.34. The van der Waals surface area contributed by atoms with Crippen molar-refractivity contribution in [3.8, 4) is 0 Å². The zero-order valence-corrected chi connectivity index (χ0v) is 10.7. The van der Waals surface area contributed by atoms with Crippen LogP contribution in [0.4, 0.5) is 0 Å². The van der Waals surface area contributed by atoms with E-state index in [0.717, 1.165) is 10.1 Å². The number of carboxylic acids is 1. The van der Waals surface area contributed by atoms with Gasteiger partial charge in [0.15, 0.2) is 0 Å². The van der Waals surface area contributed by atoms with Gasteiger partial charge in [0.25, 0.3) is 5.91 Å². The number of fused-ring (bicyclic) bond motifs is 1. The van der Waals surface area contributed by atoms with Crippen LogP contribution in [-0.2, 0) is 4.79 Å². The molecular weight excluding hydrogens is 250 g/mol. The number of amides is 1. The van der Waals surface area contributed by atoms with Crippen LogP contribution in [0.25, 0.3) is 10.1 Å². The zero-order chi connectivity index (χ0) is 13.1. The molecule has 0 unspecified atom stereocenters. The van der Waals surface area contributed by atoms with Crippen LogP contribution >= 0.6 is 11.3 Å². The van der Waals surface area contributed by atoms with Crippen molar-refractivity contribution >= 4 is 33.3 Å². The molecule has 0 fully saturated rings. The number of hydrogen-bond acceptors (Lipinski definition) is 3. The molecule has 1 heterocycles. The first-order valence-corrected chi connectivity index (χ1v) is 6.45. The molecule has 2 N–H and O–H groups in total. The molecule has 0 aliphatic heterocycles. The molecular formula is C13H13NO3S. The second-order valence-corrected chi connectivity index (χ2v) is 5.00. The highest BCUT2D eigenvalue weighted by atomic mass is 32.1. The van der Waals surface area contributed by atoms with E-state index in [0.29, 0.717) is 11.3 Å². The van der Waals surface area contributed by atoms with E-state index in [1.165, 1.54) is 11.3 Å². The van der Waals surface area contributed by atoms with E-state index in [2.05, 4.69) is 5.32 Å². The van der Waals surface area contributed by atoms with Crippen molar-refractivity contribution in [2.45, 2.75) is 19.4 Å². The lowest BCUT2D eigenvalue weighted by atomic mass is 10.2. The molecule has 2 rings (SSSR count). The highest BCUT2D eigenvalue weighted by molar-refractivity contribution is 7.20. The van der Waals surface area contributed by atoms with Gasteiger partial charge in [0.1, 0.15) is 6.04 Å². The molecule has 0 saturated heterocycles. The van der Waals surface area contributed by atoms with Gasteiger partial charge in [-0.25, -0.2) is 4.79 Å². The van der Waals surface area contributed by atoms with Crippen molar-refractivity contribution in [3.05, 3.63) is 35.2 Å². The van der Waals surface area contributed by atoms with Gasteiger partial charge in [-0.15, -0.1) is 11.3 Å². The van der Waals surface area contributed by atoms with E-state index in [4.69, 9.17) is 5.11 Å². The van der Waals surface area contributed by atoms with Crippen LogP contribution in [0.1, 0.15) is 23.0 Å². The Morgan fingerprint density at radius 1 is 1.39 bits per heavy atom. The number of nitrogens with one attached hydrogen (secondary N) is 1. The number of aliphatic carboxylic acids is 1. The number of hydrogen-bond donors (Lipinski definition) is 2. The largest absolute Gasteiger partial charge is 0.480 e. The summed E-state index contributed by atoms with van der Waals surface area (Å²) in [6, 6.07) is 8.63. The molecule has 0 bridgehead atoms. The van der Waals surface area contributed by atoms with E-state index < -0.39 is 12.0 Å². The fourth-order valence-corrected chi connectivity index (χ4v) is 2.63. The molecule has 4 nitrogen and oxygen atoms in total. The molecule has 5 heteroatoms. The standard InChI is InChI=1S/C13H13NO3S/c1-2-9(13(16)17)14-12(15)11-7-8-5-3-4-6-10(8)18-11/h3-7,9H,2H2,1H3,(H,14,15)(H,16,17)/t9-/m0/s1. The molecule has 1 aromatic heterocycles. The maximum Gasteiger partial charge on any atom is 0.326 e. The molecule has 0 saturated carbocycles. The van der Waals surface area contributed by atoms with Gasteiger partial charge < -0.3 is 10.4 Å². The van der Waals surface area contributed by atoms with Gasteiger partial charge in [-0.3, -0.25) is 4.79 Å². The maximum absolute atomic E-state index is 11.9. The van der Waals surface area contributed by atoms with Crippen molar-refractivity contribution in [2.24, 2.45) is 0 Å². The molecule has 94 valence electrons. The van der Waals surface area contributed by atoms with Crippen LogP contribution in [0.2, 0.25) is 0 Å². The minimum absolute atomic E-state index is 0.328. The monoisotopic (exact) mass is 263 g/mol. The van der Waals surface area contributed by atoms with Crippen LogP contribution in [0.3, 0.4) is 0 Å². The van der Waals surface area contributed by atoms with E-state index in [1.807, 2.05) is 24.3 Å². The summed E-state index contributed by atoms with van der Waals surface area (Å²) >= 11 is 1.36. The first-order chi connectivity index (χ1) is 8.61. The molecule has 0 radical (unpaired) electrons. The molecule has 2 aromatic rings. The minimum atomic E-state index is -1.01. The van der Waals surface area contributed by atoms with E-state index >= 15 is 0 Å². The summed E-state index contributed by atoms with van der Waals surface area (Å²) in [6.45, 7) is 1.73. The Balaban J connectivity index is 2.20. The van der Waals surface area contributed by atoms with Crippen molar-refractivity contribution in [2.75, 3.05) is 0 Å². The van der Waals surface area contributed by atoms with Crippen LogP contribution in [0, 0.1) is 0 Å². The lowest BCUT2D eigenvalue weighted by Crippen LogP contribution is -2.39. The second-order valence-electron chi connectivity index (χ2n) is 3.92. The lowest BCUT2D eigenvalue weighted by Gasteiger charge is -2.10. The van der Waals surface area contributed by atoms with E-state index in [1.54, 1.807) is 13.0 Å². The normalized spacial score (nSPS) is 12.3. The molecule has 0 aliphatic carbocycles. The lowest BCUT2D eigenvalue weighted by molar-refractivity contribution is -0.139. The van der Waals surface area contributed by atoms with Gasteiger partial charge in [0.2, 0.25) is 0 Å². The topological polar surface area (TPSA) is 66.4 Å². The molecule has 0 spiro atoms. The fourth-order valence-electron chi connectivity index (χ4n) is 1.66. The molecule has 0 aliphatic rings. The highest BCUT2D eigenvalue weighted by Crippen LogP contribution is 2.25. The smallest absolute Gasteiger partial charge is 0.326 e. The number of carboxylic acid groups (broad SMARTS) is 1. The highest BCUT2D eigenvalue weighted by Gasteiger charge is 2.19. The summed E-state index contributed by atoms with van der Waals surface area (Å²) in [5.41, 5.74) is 0. The zero-order valence-electron chi connectivity index (χ0n) is 9.84. The Morgan fingerprint density at radius 3 is 2.72 bits per heavy atom. The third kappa shape index (κ3) is 2.51. The number of rotatable bonds is 4. The fraction of sp³-hybridized carbons (Fsp3) is 0.231. The maximum atomic E-state index is 11.9. The predicted octanol–water partition coefficient (Wildman–Crippen LogP) is 2.49. The molecule has 1 atom stereocenters. The van der Waals surface area contributed by atoms with Gasteiger partial charge in [-0.05, 0) is 23.9 Å². The van der Waals surface area contributed by atoms with Crippen molar-refractivity contribution in [3.63, 3.8) is 0 Å². The van der Waals surface area contributed by atoms with Crippen molar-refractivity contribution in [1.82, 2.24) is 5.32 Å². The first-order valence-electron chi connectivity index (χ1n) is 5.64. The summed E-state index contributed by atoms with van der Waals surface area (Å²) in [7, 11) is 0. The molecule has 1 aromatic carbocycles. The Hall–Kier alpha value is -1.88.